The molecule has 0 N–H and O–H groups in total. The van der Waals surface area contributed by atoms with E-state index in [9.17, 15) is 13.2 Å². The Morgan fingerprint density at radius 3 is 2.35 bits per heavy atom. The second-order valence-electron chi connectivity index (χ2n) is 5.36. The van der Waals surface area contributed by atoms with E-state index < -0.39 is 15.6 Å². The summed E-state index contributed by atoms with van der Waals surface area (Å²) in [7, 11) is -4.05. The van der Waals surface area contributed by atoms with Gasteiger partial charge in [0.1, 0.15) is 5.02 Å². The zero-order valence-electron chi connectivity index (χ0n) is 12.4. The molecule has 1 aromatic carbocycles. The van der Waals surface area contributed by atoms with Crippen molar-refractivity contribution < 1.29 is 8.42 Å². The molecule has 2 aromatic rings. The number of rotatable bonds is 3. The molecule has 1 aromatic heterocycles. The summed E-state index contributed by atoms with van der Waals surface area (Å²) in [4.78, 5) is 14.4. The predicted octanol–water partition coefficient (Wildman–Crippen LogP) is 2.12. The van der Waals surface area contributed by atoms with Crippen molar-refractivity contribution in [2.45, 2.75) is 24.2 Å². The van der Waals surface area contributed by atoms with Crippen LogP contribution in [0.15, 0.2) is 46.2 Å². The van der Waals surface area contributed by atoms with Crippen LogP contribution in [0.3, 0.4) is 0 Å². The summed E-state index contributed by atoms with van der Waals surface area (Å²) in [6.45, 7) is 1.58. The van der Waals surface area contributed by atoms with E-state index in [0.717, 1.165) is 32.4 Å². The van der Waals surface area contributed by atoms with Gasteiger partial charge in [0.15, 0.2) is 0 Å². The van der Waals surface area contributed by atoms with Gasteiger partial charge in [-0.15, -0.1) is 4.09 Å². The number of piperidine rings is 1. The monoisotopic (exact) mass is 353 g/mol. The Bertz CT molecular complexity index is 859. The molecule has 23 heavy (non-hydrogen) atoms. The van der Waals surface area contributed by atoms with Gasteiger partial charge in [0.2, 0.25) is 0 Å². The molecule has 3 rings (SSSR count). The quantitative estimate of drug-likeness (QED) is 0.845. The van der Waals surface area contributed by atoms with Crippen LogP contribution in [0.2, 0.25) is 5.02 Å². The van der Waals surface area contributed by atoms with Gasteiger partial charge in [-0.1, -0.05) is 29.8 Å². The molecular formula is C15H16ClN3O3S. The second kappa shape index (κ2) is 6.33. The van der Waals surface area contributed by atoms with E-state index in [2.05, 4.69) is 5.10 Å². The van der Waals surface area contributed by atoms with Crippen LogP contribution >= 0.6 is 11.6 Å². The highest BCUT2D eigenvalue weighted by Crippen LogP contribution is 2.25. The van der Waals surface area contributed by atoms with E-state index in [-0.39, 0.29) is 9.92 Å². The van der Waals surface area contributed by atoms with E-state index in [1.807, 2.05) is 4.90 Å². The number of aromatic nitrogens is 2. The molecule has 1 fully saturated rings. The van der Waals surface area contributed by atoms with Crippen molar-refractivity contribution in [3.05, 3.63) is 51.9 Å². The molecule has 6 nitrogen and oxygen atoms in total. The Morgan fingerprint density at radius 1 is 1.04 bits per heavy atom. The lowest BCUT2D eigenvalue weighted by Gasteiger charge is -2.29. The van der Waals surface area contributed by atoms with E-state index in [0.29, 0.717) is 9.77 Å². The molecule has 0 atom stereocenters. The van der Waals surface area contributed by atoms with Crippen LogP contribution in [0.1, 0.15) is 19.3 Å². The van der Waals surface area contributed by atoms with Crippen molar-refractivity contribution in [2.24, 2.45) is 0 Å². The molecule has 0 bridgehead atoms. The van der Waals surface area contributed by atoms with Crippen LogP contribution < -0.4 is 10.5 Å². The standard InChI is InChI=1S/C15H16ClN3O3S/c16-14-13(18-9-5-2-6-10-18)11-17-19(15(14)20)23(21,22)12-7-3-1-4-8-12/h1,3-4,7-8,11H,2,5-6,9-10H2. The fourth-order valence-electron chi connectivity index (χ4n) is 2.63. The van der Waals surface area contributed by atoms with Crippen molar-refractivity contribution in [2.75, 3.05) is 18.0 Å². The maximum Gasteiger partial charge on any atom is 0.302 e. The Kier molecular flexibility index (Phi) is 4.41. The van der Waals surface area contributed by atoms with Crippen molar-refractivity contribution in [3.8, 4) is 0 Å². The average molecular weight is 354 g/mol. The lowest BCUT2D eigenvalue weighted by molar-refractivity contribution is 0.569. The highest BCUT2D eigenvalue weighted by molar-refractivity contribution is 7.89. The van der Waals surface area contributed by atoms with Crippen molar-refractivity contribution in [1.82, 2.24) is 9.19 Å². The maximum atomic E-state index is 12.5. The molecule has 0 radical (unpaired) electrons. The smallest absolute Gasteiger partial charge is 0.302 e. The van der Waals surface area contributed by atoms with Crippen LogP contribution in [0.5, 0.6) is 0 Å². The summed E-state index contributed by atoms with van der Waals surface area (Å²) in [5.41, 5.74) is -0.325. The zero-order chi connectivity index (χ0) is 16.4. The molecule has 0 amide bonds. The molecule has 1 saturated heterocycles. The highest BCUT2D eigenvalue weighted by atomic mass is 35.5. The van der Waals surface area contributed by atoms with Crippen LogP contribution in [-0.4, -0.2) is 30.7 Å². The minimum Gasteiger partial charge on any atom is -0.369 e. The van der Waals surface area contributed by atoms with Gasteiger partial charge < -0.3 is 4.90 Å². The van der Waals surface area contributed by atoms with Crippen LogP contribution in [0, 0.1) is 0 Å². The summed E-state index contributed by atoms with van der Waals surface area (Å²) < 4.78 is 25.5. The predicted molar refractivity (Wildman–Crippen MR) is 88.6 cm³/mol. The van der Waals surface area contributed by atoms with Crippen LogP contribution in [0.25, 0.3) is 0 Å². The summed E-state index contributed by atoms with van der Waals surface area (Å²) in [6.07, 6.45) is 4.53. The molecule has 0 unspecified atom stereocenters. The average Bonchev–Trinajstić information content (AvgIpc) is 2.58. The third-order valence-electron chi connectivity index (χ3n) is 3.84. The van der Waals surface area contributed by atoms with E-state index >= 15 is 0 Å². The second-order valence-corrected chi connectivity index (χ2v) is 7.50. The minimum absolute atomic E-state index is 0.00334. The van der Waals surface area contributed by atoms with Crippen molar-refractivity contribution in [3.63, 3.8) is 0 Å². The van der Waals surface area contributed by atoms with Crippen LogP contribution in [0.4, 0.5) is 5.69 Å². The lowest BCUT2D eigenvalue weighted by atomic mass is 10.1. The molecule has 0 aliphatic carbocycles. The molecule has 1 aliphatic rings. The molecule has 1 aliphatic heterocycles. The fraction of sp³-hybridized carbons (Fsp3) is 0.333. The number of hydrogen-bond acceptors (Lipinski definition) is 5. The molecule has 2 heterocycles. The number of nitrogens with zero attached hydrogens (tertiary/aromatic N) is 3. The number of halogens is 1. The zero-order valence-corrected chi connectivity index (χ0v) is 13.9. The van der Waals surface area contributed by atoms with Gasteiger partial charge in [0, 0.05) is 13.1 Å². The van der Waals surface area contributed by atoms with Gasteiger partial charge >= 0.3 is 5.56 Å². The Morgan fingerprint density at radius 2 is 1.70 bits per heavy atom. The number of benzene rings is 1. The fourth-order valence-corrected chi connectivity index (χ4v) is 4.11. The summed E-state index contributed by atoms with van der Waals surface area (Å²) in [5.74, 6) is 0. The van der Waals surface area contributed by atoms with Gasteiger partial charge in [-0.25, -0.2) is 0 Å². The Labute approximate surface area is 139 Å². The van der Waals surface area contributed by atoms with Crippen molar-refractivity contribution >= 4 is 27.3 Å². The molecule has 0 spiro atoms. The summed E-state index contributed by atoms with van der Waals surface area (Å²) in [6, 6.07) is 7.69. The number of hydrogen-bond donors (Lipinski definition) is 0. The topological polar surface area (TPSA) is 72.3 Å². The van der Waals surface area contributed by atoms with Gasteiger partial charge in [0.25, 0.3) is 10.0 Å². The van der Waals surface area contributed by atoms with Gasteiger partial charge in [-0.2, -0.15) is 13.5 Å². The highest BCUT2D eigenvalue weighted by Gasteiger charge is 2.24. The van der Waals surface area contributed by atoms with Crippen LogP contribution in [-0.2, 0) is 10.0 Å². The van der Waals surface area contributed by atoms with E-state index in [4.69, 9.17) is 11.6 Å². The molecular weight excluding hydrogens is 338 g/mol. The first-order valence-electron chi connectivity index (χ1n) is 7.35. The third kappa shape index (κ3) is 2.98. The first kappa shape index (κ1) is 16.0. The Balaban J connectivity index is 2.06. The minimum atomic E-state index is -4.05. The van der Waals surface area contributed by atoms with Gasteiger partial charge in [-0.05, 0) is 31.4 Å². The third-order valence-corrected chi connectivity index (χ3v) is 5.78. The number of anilines is 1. The normalized spacial score (nSPS) is 15.6. The summed E-state index contributed by atoms with van der Waals surface area (Å²) in [5, 5.41) is 3.74. The molecule has 0 saturated carbocycles. The van der Waals surface area contributed by atoms with E-state index in [1.54, 1.807) is 18.2 Å². The molecule has 8 heteroatoms. The first-order valence-corrected chi connectivity index (χ1v) is 9.17. The molecule has 122 valence electrons. The van der Waals surface area contributed by atoms with Gasteiger partial charge in [0.05, 0.1) is 16.8 Å². The first-order chi connectivity index (χ1) is 11.0. The SMILES string of the molecule is O=c1c(Cl)c(N2CCCCC2)cnn1S(=O)(=O)c1ccccc1. The van der Waals surface area contributed by atoms with Gasteiger partial charge in [-0.3, -0.25) is 4.79 Å². The lowest BCUT2D eigenvalue weighted by Crippen LogP contribution is -2.35. The Hall–Kier alpha value is -1.86. The van der Waals surface area contributed by atoms with E-state index in [1.165, 1.54) is 18.3 Å². The maximum absolute atomic E-state index is 12.5. The van der Waals surface area contributed by atoms with Crippen molar-refractivity contribution in [1.29, 1.82) is 0 Å². The summed E-state index contributed by atoms with van der Waals surface area (Å²) >= 11 is 6.15. The largest absolute Gasteiger partial charge is 0.369 e.